The lowest BCUT2D eigenvalue weighted by atomic mass is 10.0. The smallest absolute Gasteiger partial charge is 0.343 e. The van der Waals surface area contributed by atoms with Gasteiger partial charge >= 0.3 is 5.97 Å². The van der Waals surface area contributed by atoms with Crippen molar-refractivity contribution in [1.29, 1.82) is 5.26 Å². The predicted octanol–water partition coefficient (Wildman–Crippen LogP) is 4.89. The monoisotopic (exact) mass is 400 g/mol. The van der Waals surface area contributed by atoms with Crippen molar-refractivity contribution in [3.63, 3.8) is 0 Å². The number of non-ortho nitro benzene ring substituents is 1. The van der Waals surface area contributed by atoms with E-state index in [1.54, 1.807) is 24.3 Å². The van der Waals surface area contributed by atoms with Crippen LogP contribution in [0, 0.1) is 21.4 Å². The lowest BCUT2D eigenvalue weighted by Gasteiger charge is -2.10. The number of nitro groups is 1. The Balaban J connectivity index is 1.87. The summed E-state index contributed by atoms with van der Waals surface area (Å²) in [5, 5.41) is 20.4. The van der Waals surface area contributed by atoms with Crippen LogP contribution in [0.2, 0.25) is 0 Å². The van der Waals surface area contributed by atoms with E-state index in [-0.39, 0.29) is 22.7 Å². The number of carbonyl (C=O) groups excluding carboxylic acids is 1. The Kier molecular flexibility index (Phi) is 6.20. The first-order valence-corrected chi connectivity index (χ1v) is 8.83. The third kappa shape index (κ3) is 4.69. The number of hydrogen-bond acceptors (Lipinski definition) is 6. The lowest BCUT2D eigenvalue weighted by Crippen LogP contribution is -2.09. The summed E-state index contributed by atoms with van der Waals surface area (Å²) < 4.78 is 10.7. The van der Waals surface area contributed by atoms with Crippen LogP contribution >= 0.6 is 0 Å². The molecular weight excluding hydrogens is 384 g/mol. The van der Waals surface area contributed by atoms with Crippen molar-refractivity contribution < 1.29 is 19.2 Å². The van der Waals surface area contributed by atoms with Gasteiger partial charge in [0.05, 0.1) is 29.2 Å². The highest BCUT2D eigenvalue weighted by molar-refractivity contribution is 5.92. The average Bonchev–Trinajstić information content (AvgIpc) is 2.78. The summed E-state index contributed by atoms with van der Waals surface area (Å²) in [6.45, 7) is 0. The van der Waals surface area contributed by atoms with E-state index >= 15 is 0 Å². The highest BCUT2D eigenvalue weighted by Gasteiger charge is 2.16. The summed E-state index contributed by atoms with van der Waals surface area (Å²) in [6.07, 6.45) is 1.70. The van der Waals surface area contributed by atoms with Crippen LogP contribution in [0.3, 0.4) is 0 Å². The molecule has 148 valence electrons. The maximum absolute atomic E-state index is 12.4. The largest absolute Gasteiger partial charge is 0.493 e. The fourth-order valence-corrected chi connectivity index (χ4v) is 2.73. The van der Waals surface area contributed by atoms with Crippen LogP contribution in [0.4, 0.5) is 5.69 Å². The zero-order valence-corrected chi connectivity index (χ0v) is 15.9. The average molecular weight is 400 g/mol. The molecule has 0 radical (unpaired) electrons. The Bertz CT molecular complexity index is 1160. The highest BCUT2D eigenvalue weighted by atomic mass is 16.6. The standard InChI is InChI=1S/C23H16N2O5/c1-29-22-13-16(12-19(15-24)17-6-3-2-4-7-17)10-11-21(22)30-23(26)18-8-5-9-20(14-18)25(27)28/h2-14H,1H3/b19-12-. The van der Waals surface area contributed by atoms with Crippen LogP contribution in [0.1, 0.15) is 21.5 Å². The van der Waals surface area contributed by atoms with Gasteiger partial charge in [-0.3, -0.25) is 10.1 Å². The van der Waals surface area contributed by atoms with Gasteiger partial charge in [-0.25, -0.2) is 4.79 Å². The molecule has 0 heterocycles. The third-order valence-corrected chi connectivity index (χ3v) is 4.20. The van der Waals surface area contributed by atoms with Gasteiger partial charge < -0.3 is 9.47 Å². The summed E-state index contributed by atoms with van der Waals surface area (Å²) in [5.41, 5.74) is 1.77. The number of benzene rings is 3. The zero-order chi connectivity index (χ0) is 21.5. The van der Waals surface area contributed by atoms with Crippen molar-refractivity contribution in [1.82, 2.24) is 0 Å². The Morgan fingerprint density at radius 3 is 2.40 bits per heavy atom. The van der Waals surface area contributed by atoms with Crippen molar-refractivity contribution in [3.8, 4) is 17.6 Å². The van der Waals surface area contributed by atoms with Crippen molar-refractivity contribution in [3.05, 3.63) is 99.6 Å². The normalized spacial score (nSPS) is 10.7. The minimum Gasteiger partial charge on any atom is -0.493 e. The number of nitrogens with zero attached hydrogens (tertiary/aromatic N) is 2. The molecule has 0 saturated heterocycles. The van der Waals surface area contributed by atoms with Gasteiger partial charge in [-0.15, -0.1) is 0 Å². The molecule has 0 unspecified atom stereocenters. The fourth-order valence-electron chi connectivity index (χ4n) is 2.73. The van der Waals surface area contributed by atoms with Gasteiger partial charge in [0.25, 0.3) is 5.69 Å². The zero-order valence-electron chi connectivity index (χ0n) is 15.9. The van der Waals surface area contributed by atoms with E-state index in [1.807, 2.05) is 30.3 Å². The minimum absolute atomic E-state index is 0.0473. The van der Waals surface area contributed by atoms with E-state index in [1.165, 1.54) is 25.3 Å². The molecule has 0 atom stereocenters. The molecular formula is C23H16N2O5. The van der Waals surface area contributed by atoms with Gasteiger partial charge in [-0.2, -0.15) is 5.26 Å². The maximum Gasteiger partial charge on any atom is 0.343 e. The molecule has 3 rings (SSSR count). The Morgan fingerprint density at radius 2 is 1.73 bits per heavy atom. The van der Waals surface area contributed by atoms with Crippen LogP contribution in [0.15, 0.2) is 72.8 Å². The first-order chi connectivity index (χ1) is 14.5. The number of esters is 1. The highest BCUT2D eigenvalue weighted by Crippen LogP contribution is 2.30. The van der Waals surface area contributed by atoms with E-state index in [0.717, 1.165) is 11.6 Å². The Hall–Kier alpha value is -4.44. The second-order valence-corrected chi connectivity index (χ2v) is 6.14. The van der Waals surface area contributed by atoms with Gasteiger partial charge in [-0.1, -0.05) is 42.5 Å². The van der Waals surface area contributed by atoms with Crippen LogP contribution in [-0.4, -0.2) is 18.0 Å². The van der Waals surface area contributed by atoms with Crippen LogP contribution in [0.25, 0.3) is 11.6 Å². The molecule has 0 saturated carbocycles. The number of rotatable bonds is 6. The molecule has 30 heavy (non-hydrogen) atoms. The summed E-state index contributed by atoms with van der Waals surface area (Å²) in [6, 6.07) is 21.5. The molecule has 0 N–H and O–H groups in total. The molecule has 3 aromatic carbocycles. The van der Waals surface area contributed by atoms with Crippen LogP contribution in [0.5, 0.6) is 11.5 Å². The first-order valence-electron chi connectivity index (χ1n) is 8.83. The third-order valence-electron chi connectivity index (χ3n) is 4.20. The first kappa shape index (κ1) is 20.3. The summed E-state index contributed by atoms with van der Waals surface area (Å²) in [7, 11) is 1.43. The second-order valence-electron chi connectivity index (χ2n) is 6.14. The Morgan fingerprint density at radius 1 is 1.00 bits per heavy atom. The molecule has 0 bridgehead atoms. The Labute approximate surface area is 172 Å². The van der Waals surface area contributed by atoms with Gasteiger partial charge in [-0.05, 0) is 35.4 Å². The van der Waals surface area contributed by atoms with Gasteiger partial charge in [0.1, 0.15) is 0 Å². The van der Waals surface area contributed by atoms with Crippen molar-refractivity contribution in [2.24, 2.45) is 0 Å². The summed E-state index contributed by atoms with van der Waals surface area (Å²) >= 11 is 0. The topological polar surface area (TPSA) is 102 Å². The quantitative estimate of drug-likeness (QED) is 0.146. The van der Waals surface area contributed by atoms with Gasteiger partial charge in [0.15, 0.2) is 11.5 Å². The maximum atomic E-state index is 12.4. The number of carbonyl (C=O) groups is 1. The molecule has 0 amide bonds. The number of nitro benzene ring substituents is 1. The van der Waals surface area contributed by atoms with Crippen molar-refractivity contribution in [2.75, 3.05) is 7.11 Å². The molecule has 0 fully saturated rings. The number of ether oxygens (including phenoxy) is 2. The number of allylic oxidation sites excluding steroid dienone is 1. The second kappa shape index (κ2) is 9.17. The van der Waals surface area contributed by atoms with Crippen LogP contribution in [-0.2, 0) is 0 Å². The van der Waals surface area contributed by atoms with E-state index in [9.17, 15) is 20.2 Å². The SMILES string of the molecule is COc1cc(/C=C(/C#N)c2ccccc2)ccc1OC(=O)c1cccc([N+](=O)[O-])c1. The lowest BCUT2D eigenvalue weighted by molar-refractivity contribution is -0.384. The molecule has 0 aliphatic carbocycles. The van der Waals surface area contributed by atoms with Gasteiger partial charge in [0.2, 0.25) is 0 Å². The summed E-state index contributed by atoms with van der Waals surface area (Å²) in [4.78, 5) is 22.7. The molecule has 0 aliphatic rings. The minimum atomic E-state index is -0.748. The van der Waals surface area contributed by atoms with Crippen molar-refractivity contribution in [2.45, 2.75) is 0 Å². The molecule has 7 heteroatoms. The number of methoxy groups -OCH3 is 1. The van der Waals surface area contributed by atoms with Crippen LogP contribution < -0.4 is 9.47 Å². The van der Waals surface area contributed by atoms with Crippen molar-refractivity contribution >= 4 is 23.3 Å². The molecule has 0 spiro atoms. The van der Waals surface area contributed by atoms with E-state index in [4.69, 9.17) is 9.47 Å². The predicted molar refractivity (Wildman–Crippen MR) is 111 cm³/mol. The van der Waals surface area contributed by atoms with E-state index < -0.39 is 10.9 Å². The van der Waals surface area contributed by atoms with E-state index in [0.29, 0.717) is 11.1 Å². The molecule has 0 aliphatic heterocycles. The van der Waals surface area contributed by atoms with Gasteiger partial charge in [0, 0.05) is 12.1 Å². The molecule has 0 aromatic heterocycles. The fraction of sp³-hybridized carbons (Fsp3) is 0.0435. The van der Waals surface area contributed by atoms with E-state index in [2.05, 4.69) is 6.07 Å². The molecule has 7 nitrogen and oxygen atoms in total. The summed E-state index contributed by atoms with van der Waals surface area (Å²) in [5.74, 6) is -0.306. The molecule has 3 aromatic rings. The number of nitriles is 1. The number of hydrogen-bond donors (Lipinski definition) is 0.